The summed E-state index contributed by atoms with van der Waals surface area (Å²) in [5, 5.41) is 4.51. The monoisotopic (exact) mass is 272 g/mol. The van der Waals surface area contributed by atoms with Crippen molar-refractivity contribution in [1.29, 1.82) is 0 Å². The van der Waals surface area contributed by atoms with E-state index < -0.39 is 0 Å². The quantitative estimate of drug-likeness (QED) is 0.849. The molecule has 0 fully saturated rings. The summed E-state index contributed by atoms with van der Waals surface area (Å²) in [6.07, 6.45) is 3.12. The average Bonchev–Trinajstić information content (AvgIpc) is 2.46. The van der Waals surface area contributed by atoms with E-state index in [4.69, 9.17) is 0 Å². The topological polar surface area (TPSA) is 24.9 Å². The number of rotatable bonds is 6. The Hall–Kier alpha value is -1.32. The maximum atomic E-state index is 4.53. The fraction of sp³-hybridized carbons (Fsp3) is 0.312. The molecule has 0 aliphatic rings. The minimum absolute atomic E-state index is 0.364. The van der Waals surface area contributed by atoms with E-state index in [-0.39, 0.29) is 0 Å². The van der Waals surface area contributed by atoms with Crippen LogP contribution in [0.1, 0.15) is 31.9 Å². The molecule has 0 bridgehead atoms. The third kappa shape index (κ3) is 4.37. The van der Waals surface area contributed by atoms with Crippen LogP contribution in [0.3, 0.4) is 0 Å². The van der Waals surface area contributed by atoms with Crippen molar-refractivity contribution in [2.75, 3.05) is 6.54 Å². The predicted molar refractivity (Wildman–Crippen MR) is 81.5 cm³/mol. The van der Waals surface area contributed by atoms with Gasteiger partial charge >= 0.3 is 0 Å². The first-order valence-electron chi connectivity index (χ1n) is 6.72. The molecule has 3 heteroatoms. The molecule has 0 amide bonds. The third-order valence-electron chi connectivity index (χ3n) is 2.93. The van der Waals surface area contributed by atoms with Gasteiger partial charge in [-0.05, 0) is 43.7 Å². The van der Waals surface area contributed by atoms with Crippen molar-refractivity contribution < 1.29 is 0 Å². The fourth-order valence-corrected chi connectivity index (χ4v) is 2.57. The fourth-order valence-electron chi connectivity index (χ4n) is 1.80. The van der Waals surface area contributed by atoms with Gasteiger partial charge in [0, 0.05) is 17.1 Å². The summed E-state index contributed by atoms with van der Waals surface area (Å²) in [6.45, 7) is 5.40. The van der Waals surface area contributed by atoms with Gasteiger partial charge in [0.25, 0.3) is 0 Å². The largest absolute Gasteiger partial charge is 0.310 e. The number of pyridine rings is 1. The highest BCUT2D eigenvalue weighted by atomic mass is 32.2. The van der Waals surface area contributed by atoms with Gasteiger partial charge in [-0.1, -0.05) is 43.0 Å². The minimum Gasteiger partial charge on any atom is -0.310 e. The molecule has 1 aromatic heterocycles. The number of aromatic nitrogens is 1. The molecule has 1 unspecified atom stereocenters. The first-order chi connectivity index (χ1) is 9.29. The average molecular weight is 272 g/mol. The highest BCUT2D eigenvalue weighted by molar-refractivity contribution is 7.99. The van der Waals surface area contributed by atoms with E-state index in [0.717, 1.165) is 18.0 Å². The van der Waals surface area contributed by atoms with Crippen molar-refractivity contribution >= 4 is 11.8 Å². The number of nitrogens with zero attached hydrogens (tertiary/aromatic N) is 1. The summed E-state index contributed by atoms with van der Waals surface area (Å²) in [5.41, 5.74) is 1.24. The lowest BCUT2D eigenvalue weighted by atomic mass is 10.1. The van der Waals surface area contributed by atoms with Crippen molar-refractivity contribution in [3.63, 3.8) is 0 Å². The second-order valence-electron chi connectivity index (χ2n) is 4.52. The SMILES string of the molecule is CCCNC(C)c1ccc(Sc2ccccc2)nc1. The Kier molecular flexibility index (Phi) is 5.43. The van der Waals surface area contributed by atoms with Gasteiger partial charge in [0.15, 0.2) is 0 Å². The van der Waals surface area contributed by atoms with Crippen LogP contribution in [0.15, 0.2) is 58.6 Å². The molecule has 1 atom stereocenters. The maximum absolute atomic E-state index is 4.53. The zero-order valence-electron chi connectivity index (χ0n) is 11.5. The summed E-state index contributed by atoms with van der Waals surface area (Å²) in [7, 11) is 0. The van der Waals surface area contributed by atoms with Crippen LogP contribution in [0.2, 0.25) is 0 Å². The maximum Gasteiger partial charge on any atom is 0.101 e. The van der Waals surface area contributed by atoms with Gasteiger partial charge in [-0.3, -0.25) is 0 Å². The molecule has 0 aliphatic carbocycles. The van der Waals surface area contributed by atoms with Gasteiger partial charge in [0.05, 0.1) is 0 Å². The summed E-state index contributed by atoms with van der Waals surface area (Å²) in [4.78, 5) is 5.75. The Balaban J connectivity index is 1.98. The summed E-state index contributed by atoms with van der Waals surface area (Å²) >= 11 is 1.69. The van der Waals surface area contributed by atoms with Crippen molar-refractivity contribution in [2.45, 2.75) is 36.2 Å². The Labute approximate surface area is 119 Å². The second-order valence-corrected chi connectivity index (χ2v) is 5.61. The predicted octanol–water partition coefficient (Wildman–Crippen LogP) is 4.29. The van der Waals surface area contributed by atoms with Crippen LogP contribution in [0, 0.1) is 0 Å². The summed E-state index contributed by atoms with van der Waals surface area (Å²) in [6, 6.07) is 15.0. The Morgan fingerprint density at radius 1 is 1.16 bits per heavy atom. The van der Waals surface area contributed by atoms with Crippen LogP contribution in [0.5, 0.6) is 0 Å². The van der Waals surface area contributed by atoms with Gasteiger partial charge < -0.3 is 5.32 Å². The Morgan fingerprint density at radius 2 is 1.95 bits per heavy atom. The zero-order chi connectivity index (χ0) is 13.5. The highest BCUT2D eigenvalue weighted by Gasteiger charge is 2.05. The molecule has 0 saturated carbocycles. The lowest BCUT2D eigenvalue weighted by Gasteiger charge is -2.13. The second kappa shape index (κ2) is 7.31. The smallest absolute Gasteiger partial charge is 0.101 e. The first-order valence-corrected chi connectivity index (χ1v) is 7.53. The van der Waals surface area contributed by atoms with Crippen LogP contribution in [0.25, 0.3) is 0 Å². The van der Waals surface area contributed by atoms with Crippen molar-refractivity contribution in [2.24, 2.45) is 0 Å². The Bertz CT molecular complexity index is 482. The molecular weight excluding hydrogens is 252 g/mol. The van der Waals surface area contributed by atoms with Gasteiger partial charge in [0.2, 0.25) is 0 Å². The van der Waals surface area contributed by atoms with Crippen LogP contribution in [-0.4, -0.2) is 11.5 Å². The molecule has 0 saturated heterocycles. The molecule has 2 aromatic rings. The van der Waals surface area contributed by atoms with E-state index in [2.05, 4.69) is 48.4 Å². The van der Waals surface area contributed by atoms with Crippen molar-refractivity contribution in [1.82, 2.24) is 10.3 Å². The summed E-state index contributed by atoms with van der Waals surface area (Å²) in [5.74, 6) is 0. The zero-order valence-corrected chi connectivity index (χ0v) is 12.3. The lowest BCUT2D eigenvalue weighted by Crippen LogP contribution is -2.19. The molecule has 0 radical (unpaired) electrons. The van der Waals surface area contributed by atoms with Crippen molar-refractivity contribution in [3.8, 4) is 0 Å². The van der Waals surface area contributed by atoms with E-state index in [0.29, 0.717) is 6.04 Å². The molecule has 2 rings (SSSR count). The van der Waals surface area contributed by atoms with Gasteiger partial charge in [-0.25, -0.2) is 4.98 Å². The van der Waals surface area contributed by atoms with E-state index in [9.17, 15) is 0 Å². The molecular formula is C16H20N2S. The molecule has 0 aliphatic heterocycles. The molecule has 2 nitrogen and oxygen atoms in total. The van der Waals surface area contributed by atoms with Gasteiger partial charge in [-0.2, -0.15) is 0 Å². The first kappa shape index (κ1) is 14.1. The van der Waals surface area contributed by atoms with E-state index in [1.807, 2.05) is 24.4 Å². The normalized spacial score (nSPS) is 12.3. The Morgan fingerprint density at radius 3 is 2.58 bits per heavy atom. The third-order valence-corrected chi connectivity index (χ3v) is 3.88. The molecule has 0 spiro atoms. The van der Waals surface area contributed by atoms with E-state index in [1.54, 1.807) is 11.8 Å². The highest BCUT2D eigenvalue weighted by Crippen LogP contribution is 2.26. The number of hydrogen-bond donors (Lipinski definition) is 1. The van der Waals surface area contributed by atoms with E-state index >= 15 is 0 Å². The van der Waals surface area contributed by atoms with Crippen molar-refractivity contribution in [3.05, 3.63) is 54.2 Å². The molecule has 1 N–H and O–H groups in total. The molecule has 100 valence electrons. The van der Waals surface area contributed by atoms with Crippen LogP contribution in [0.4, 0.5) is 0 Å². The summed E-state index contributed by atoms with van der Waals surface area (Å²) < 4.78 is 0. The van der Waals surface area contributed by atoms with Crippen LogP contribution >= 0.6 is 11.8 Å². The number of hydrogen-bond acceptors (Lipinski definition) is 3. The standard InChI is InChI=1S/C16H20N2S/c1-3-11-17-13(2)14-9-10-16(18-12-14)19-15-7-5-4-6-8-15/h4-10,12-13,17H,3,11H2,1-2H3. The van der Waals surface area contributed by atoms with Gasteiger partial charge in [0.1, 0.15) is 5.03 Å². The van der Waals surface area contributed by atoms with Crippen LogP contribution in [-0.2, 0) is 0 Å². The molecule has 1 aromatic carbocycles. The number of nitrogens with one attached hydrogen (secondary N) is 1. The molecule has 19 heavy (non-hydrogen) atoms. The minimum atomic E-state index is 0.364. The van der Waals surface area contributed by atoms with Gasteiger partial charge in [-0.15, -0.1) is 0 Å². The van der Waals surface area contributed by atoms with E-state index in [1.165, 1.54) is 10.5 Å². The molecule has 1 heterocycles. The lowest BCUT2D eigenvalue weighted by molar-refractivity contribution is 0.568. The number of benzene rings is 1. The van der Waals surface area contributed by atoms with Crippen LogP contribution < -0.4 is 5.32 Å².